The molecule has 3 amide bonds. The maximum atomic E-state index is 13.6. The van der Waals surface area contributed by atoms with Gasteiger partial charge < -0.3 is 24.6 Å². The SMILES string of the molecule is CN(C)CCNC(=O)N(Cc1nccs1)C(=O)[C@@H]1C[C@@H]2CC3(CC[C@H]2N(C)C1)OCCO3. The summed E-state index contributed by atoms with van der Waals surface area (Å²) in [6.45, 7) is 3.35. The van der Waals surface area contributed by atoms with Crippen molar-refractivity contribution >= 4 is 23.3 Å². The number of nitrogens with zero attached hydrogens (tertiary/aromatic N) is 4. The minimum atomic E-state index is -0.475. The molecule has 3 aliphatic rings. The van der Waals surface area contributed by atoms with Gasteiger partial charge in [-0.3, -0.25) is 9.69 Å². The molecule has 1 spiro atoms. The molecule has 1 aromatic heterocycles. The van der Waals surface area contributed by atoms with Crippen LogP contribution in [0.1, 0.15) is 30.7 Å². The van der Waals surface area contributed by atoms with Gasteiger partial charge in [0.05, 0.1) is 25.7 Å². The molecule has 2 saturated heterocycles. The van der Waals surface area contributed by atoms with E-state index in [9.17, 15) is 9.59 Å². The van der Waals surface area contributed by atoms with Gasteiger partial charge in [-0.1, -0.05) is 0 Å². The lowest BCUT2D eigenvalue weighted by Gasteiger charge is -2.49. The average Bonchev–Trinajstić information content (AvgIpc) is 3.43. The summed E-state index contributed by atoms with van der Waals surface area (Å²) in [7, 11) is 6.00. The number of carbonyl (C=O) groups is 2. The Morgan fingerprint density at radius 3 is 2.81 bits per heavy atom. The molecule has 0 unspecified atom stereocenters. The van der Waals surface area contributed by atoms with Gasteiger partial charge in [0.15, 0.2) is 5.79 Å². The van der Waals surface area contributed by atoms with E-state index in [2.05, 4.69) is 22.2 Å². The van der Waals surface area contributed by atoms with E-state index in [0.717, 1.165) is 30.7 Å². The molecule has 3 fully saturated rings. The Morgan fingerprint density at radius 1 is 1.34 bits per heavy atom. The number of rotatable bonds is 6. The normalized spacial score (nSPS) is 27.4. The van der Waals surface area contributed by atoms with Crippen LogP contribution in [-0.2, 0) is 20.8 Å². The summed E-state index contributed by atoms with van der Waals surface area (Å²) < 4.78 is 11.9. The zero-order valence-corrected chi connectivity index (χ0v) is 20.1. The molecule has 0 radical (unpaired) electrons. The highest BCUT2D eigenvalue weighted by Crippen LogP contribution is 2.45. The van der Waals surface area contributed by atoms with Crippen molar-refractivity contribution in [2.45, 2.75) is 44.1 Å². The number of fused-ring (bicyclic) bond motifs is 1. The lowest BCUT2D eigenvalue weighted by Crippen LogP contribution is -2.57. The van der Waals surface area contributed by atoms with Crippen LogP contribution in [0, 0.1) is 11.8 Å². The fourth-order valence-corrected chi connectivity index (χ4v) is 5.95. The van der Waals surface area contributed by atoms with Gasteiger partial charge in [-0.2, -0.15) is 0 Å². The molecule has 10 heteroatoms. The van der Waals surface area contributed by atoms with Crippen molar-refractivity contribution in [2.75, 3.05) is 54.0 Å². The van der Waals surface area contributed by atoms with Crippen molar-refractivity contribution in [3.8, 4) is 0 Å². The third-order valence-electron chi connectivity index (χ3n) is 6.89. The molecule has 178 valence electrons. The number of imide groups is 1. The number of ether oxygens (including phenoxy) is 2. The first-order valence-electron chi connectivity index (χ1n) is 11.5. The number of likely N-dealkylation sites (tertiary alicyclic amines) is 1. The molecule has 1 saturated carbocycles. The van der Waals surface area contributed by atoms with Crippen LogP contribution in [-0.4, -0.2) is 97.4 Å². The van der Waals surface area contributed by atoms with Gasteiger partial charge in [-0.25, -0.2) is 9.78 Å². The second-order valence-corrected chi connectivity index (χ2v) is 10.4. The first-order valence-corrected chi connectivity index (χ1v) is 12.4. The molecule has 1 aliphatic carbocycles. The van der Waals surface area contributed by atoms with Crippen molar-refractivity contribution in [2.24, 2.45) is 11.8 Å². The third-order valence-corrected chi connectivity index (χ3v) is 7.65. The van der Waals surface area contributed by atoms with E-state index in [4.69, 9.17) is 9.47 Å². The van der Waals surface area contributed by atoms with Crippen molar-refractivity contribution in [1.82, 2.24) is 25.0 Å². The number of piperidine rings is 1. The summed E-state index contributed by atoms with van der Waals surface area (Å²) in [4.78, 5) is 36.6. The van der Waals surface area contributed by atoms with Crippen LogP contribution in [0.2, 0.25) is 0 Å². The molecular formula is C22H35N5O4S. The molecule has 4 rings (SSSR count). The predicted octanol–water partition coefficient (Wildman–Crippen LogP) is 1.61. The topological polar surface area (TPSA) is 87.2 Å². The molecule has 3 heterocycles. The summed E-state index contributed by atoms with van der Waals surface area (Å²) >= 11 is 1.46. The monoisotopic (exact) mass is 465 g/mol. The molecule has 1 aromatic rings. The van der Waals surface area contributed by atoms with Crippen LogP contribution in [0.15, 0.2) is 11.6 Å². The second kappa shape index (κ2) is 10.1. The smallest absolute Gasteiger partial charge is 0.324 e. The Labute approximate surface area is 194 Å². The maximum absolute atomic E-state index is 13.6. The number of nitrogens with one attached hydrogen (secondary N) is 1. The van der Waals surface area contributed by atoms with Gasteiger partial charge in [0.25, 0.3) is 0 Å². The van der Waals surface area contributed by atoms with Gasteiger partial charge in [-0.05, 0) is 39.9 Å². The number of amides is 3. The van der Waals surface area contributed by atoms with E-state index in [1.54, 1.807) is 6.20 Å². The van der Waals surface area contributed by atoms with E-state index >= 15 is 0 Å². The zero-order valence-electron chi connectivity index (χ0n) is 19.3. The first kappa shape index (κ1) is 23.6. The molecule has 3 atom stereocenters. The van der Waals surface area contributed by atoms with E-state index in [0.29, 0.717) is 44.8 Å². The number of thiazole rings is 1. The number of hydrogen-bond acceptors (Lipinski definition) is 8. The van der Waals surface area contributed by atoms with Gasteiger partial charge in [-0.15, -0.1) is 11.3 Å². The zero-order chi connectivity index (χ0) is 22.7. The van der Waals surface area contributed by atoms with Gasteiger partial charge in [0.2, 0.25) is 5.91 Å². The second-order valence-electron chi connectivity index (χ2n) is 9.44. The van der Waals surface area contributed by atoms with E-state index < -0.39 is 5.79 Å². The maximum Gasteiger partial charge on any atom is 0.324 e. The number of likely N-dealkylation sites (N-methyl/N-ethyl adjacent to an activating group) is 1. The standard InChI is InChI=1S/C22H35N5O4S/c1-25(2)8-6-24-21(29)27(15-19-23-7-11-32-19)20(28)17-12-16-13-22(30-9-10-31-22)5-4-18(16)26(3)14-17/h7,11,16-18H,4-6,8-10,12-15H2,1-3H3,(H,24,29)/t16-,17-,18-/m1/s1. The number of aromatic nitrogens is 1. The van der Waals surface area contributed by atoms with Crippen LogP contribution in [0.3, 0.4) is 0 Å². The predicted molar refractivity (Wildman–Crippen MR) is 121 cm³/mol. The Bertz CT molecular complexity index is 783. The molecule has 1 N–H and O–H groups in total. The highest BCUT2D eigenvalue weighted by atomic mass is 32.1. The molecule has 9 nitrogen and oxygen atoms in total. The summed E-state index contributed by atoms with van der Waals surface area (Å²) in [6.07, 6.45) is 5.18. The molecule has 0 aromatic carbocycles. The fourth-order valence-electron chi connectivity index (χ4n) is 5.34. The van der Waals surface area contributed by atoms with Crippen molar-refractivity contribution in [3.05, 3.63) is 16.6 Å². The molecule has 2 aliphatic heterocycles. The average molecular weight is 466 g/mol. The lowest BCUT2D eigenvalue weighted by molar-refractivity contribution is -0.202. The summed E-state index contributed by atoms with van der Waals surface area (Å²) in [5.41, 5.74) is 0. The van der Waals surface area contributed by atoms with Crippen LogP contribution in [0.4, 0.5) is 4.79 Å². The third kappa shape index (κ3) is 5.31. The van der Waals surface area contributed by atoms with Crippen LogP contribution >= 0.6 is 11.3 Å². The minimum Gasteiger partial charge on any atom is -0.348 e. The Balaban J connectivity index is 1.46. The quantitative estimate of drug-likeness (QED) is 0.683. The largest absolute Gasteiger partial charge is 0.348 e. The fraction of sp³-hybridized carbons (Fsp3) is 0.773. The Kier molecular flexibility index (Phi) is 7.46. The van der Waals surface area contributed by atoms with E-state index in [1.165, 1.54) is 16.2 Å². The highest BCUT2D eigenvalue weighted by molar-refractivity contribution is 7.09. The van der Waals surface area contributed by atoms with Crippen LogP contribution in [0.5, 0.6) is 0 Å². The van der Waals surface area contributed by atoms with Crippen molar-refractivity contribution in [1.29, 1.82) is 0 Å². The summed E-state index contributed by atoms with van der Waals surface area (Å²) in [5, 5.41) is 5.52. The van der Waals surface area contributed by atoms with Crippen LogP contribution < -0.4 is 5.32 Å². The van der Waals surface area contributed by atoms with Gasteiger partial charge in [0, 0.05) is 50.1 Å². The molecule has 32 heavy (non-hydrogen) atoms. The molecule has 0 bridgehead atoms. The van der Waals surface area contributed by atoms with Gasteiger partial charge >= 0.3 is 6.03 Å². The minimum absolute atomic E-state index is 0.124. The lowest BCUT2D eigenvalue weighted by atomic mass is 9.72. The van der Waals surface area contributed by atoms with Crippen LogP contribution in [0.25, 0.3) is 0 Å². The van der Waals surface area contributed by atoms with Gasteiger partial charge in [0.1, 0.15) is 5.01 Å². The Hall–Kier alpha value is -1.59. The van der Waals surface area contributed by atoms with Crippen molar-refractivity contribution < 1.29 is 19.1 Å². The summed E-state index contributed by atoms with van der Waals surface area (Å²) in [6, 6.07) is 0.0817. The molecular weight excluding hydrogens is 430 g/mol. The highest BCUT2D eigenvalue weighted by Gasteiger charge is 2.49. The van der Waals surface area contributed by atoms with E-state index in [1.807, 2.05) is 24.4 Å². The number of urea groups is 1. The Morgan fingerprint density at radius 2 is 2.12 bits per heavy atom. The number of hydrogen-bond donors (Lipinski definition) is 1. The first-order chi connectivity index (χ1) is 15.4. The summed E-state index contributed by atoms with van der Waals surface area (Å²) in [5.74, 6) is -0.525. The number of carbonyl (C=O) groups excluding carboxylic acids is 2. The van der Waals surface area contributed by atoms with E-state index in [-0.39, 0.29) is 24.4 Å². The van der Waals surface area contributed by atoms with Crippen molar-refractivity contribution in [3.63, 3.8) is 0 Å².